The van der Waals surface area contributed by atoms with Crippen molar-refractivity contribution in [2.45, 2.75) is 25.8 Å². The van der Waals surface area contributed by atoms with Gasteiger partial charge in [-0.2, -0.15) is 0 Å². The maximum absolute atomic E-state index is 10.8. The van der Waals surface area contributed by atoms with Crippen molar-refractivity contribution in [1.82, 2.24) is 5.32 Å². The zero-order chi connectivity index (χ0) is 14.4. The topological polar surface area (TPSA) is 76.4 Å². The Morgan fingerprint density at radius 1 is 1.35 bits per heavy atom. The molecule has 1 fully saturated rings. The minimum absolute atomic E-state index is 0.292. The van der Waals surface area contributed by atoms with Gasteiger partial charge in [0.2, 0.25) is 0 Å². The molecule has 0 bridgehead atoms. The maximum Gasteiger partial charge on any atom is 0.316 e. The van der Waals surface area contributed by atoms with E-state index in [-0.39, 0.29) is 0 Å². The van der Waals surface area contributed by atoms with Crippen molar-refractivity contribution in [3.8, 4) is 0 Å². The van der Waals surface area contributed by atoms with Crippen LogP contribution in [0.5, 0.6) is 0 Å². The van der Waals surface area contributed by atoms with Gasteiger partial charge in [0.1, 0.15) is 0 Å². The van der Waals surface area contributed by atoms with Crippen molar-refractivity contribution in [3.63, 3.8) is 0 Å². The highest BCUT2D eigenvalue weighted by Crippen LogP contribution is 2.18. The summed E-state index contributed by atoms with van der Waals surface area (Å²) in [7, 11) is 0. The van der Waals surface area contributed by atoms with Crippen LogP contribution in [0.4, 0.5) is 10.5 Å². The highest BCUT2D eigenvalue weighted by atomic mass is 16.5. The molecule has 20 heavy (non-hydrogen) atoms. The number of amides is 2. The SMILES string of the molecule is CC(NCC1CCOCC1)c1ccc(NC(N)=O)cc1. The number of benzene rings is 1. The molecule has 1 heterocycles. The minimum Gasteiger partial charge on any atom is -0.381 e. The van der Waals surface area contributed by atoms with Crippen LogP contribution in [-0.2, 0) is 4.74 Å². The molecule has 1 aromatic rings. The zero-order valence-electron chi connectivity index (χ0n) is 11.9. The number of hydrogen-bond donors (Lipinski definition) is 3. The van der Waals surface area contributed by atoms with Crippen LogP contribution >= 0.6 is 0 Å². The summed E-state index contributed by atoms with van der Waals surface area (Å²) >= 11 is 0. The summed E-state index contributed by atoms with van der Waals surface area (Å²) in [5, 5.41) is 6.12. The lowest BCUT2D eigenvalue weighted by atomic mass is 9.99. The lowest BCUT2D eigenvalue weighted by Gasteiger charge is -2.24. The monoisotopic (exact) mass is 277 g/mol. The van der Waals surface area contributed by atoms with Crippen molar-refractivity contribution < 1.29 is 9.53 Å². The number of rotatable bonds is 5. The standard InChI is InChI=1S/C15H23N3O2/c1-11(17-10-12-6-8-20-9-7-12)13-2-4-14(5-3-13)18-15(16)19/h2-5,11-12,17H,6-10H2,1H3,(H3,16,18,19). The summed E-state index contributed by atoms with van der Waals surface area (Å²) in [5.74, 6) is 0.710. The molecule has 110 valence electrons. The first-order valence-electron chi connectivity index (χ1n) is 7.12. The van der Waals surface area contributed by atoms with Gasteiger partial charge >= 0.3 is 6.03 Å². The predicted octanol–water partition coefficient (Wildman–Crippen LogP) is 2.25. The largest absolute Gasteiger partial charge is 0.381 e. The summed E-state index contributed by atoms with van der Waals surface area (Å²) in [6.07, 6.45) is 2.28. The van der Waals surface area contributed by atoms with Gasteiger partial charge in [0, 0.05) is 24.9 Å². The first-order chi connectivity index (χ1) is 9.65. The van der Waals surface area contributed by atoms with Gasteiger partial charge in [0.15, 0.2) is 0 Å². The predicted molar refractivity (Wildman–Crippen MR) is 79.6 cm³/mol. The van der Waals surface area contributed by atoms with Crippen LogP contribution in [-0.4, -0.2) is 25.8 Å². The molecule has 0 radical (unpaired) electrons. The van der Waals surface area contributed by atoms with Crippen LogP contribution in [0.15, 0.2) is 24.3 Å². The molecule has 1 unspecified atom stereocenters. The van der Waals surface area contributed by atoms with Gasteiger partial charge in [0.25, 0.3) is 0 Å². The normalized spacial score (nSPS) is 17.6. The summed E-state index contributed by atoms with van der Waals surface area (Å²) in [6.45, 7) is 4.93. The van der Waals surface area contributed by atoms with E-state index in [4.69, 9.17) is 10.5 Å². The van der Waals surface area contributed by atoms with Crippen LogP contribution in [0.2, 0.25) is 0 Å². The van der Waals surface area contributed by atoms with Crippen LogP contribution in [0.1, 0.15) is 31.4 Å². The fraction of sp³-hybridized carbons (Fsp3) is 0.533. The molecule has 2 rings (SSSR count). The average Bonchev–Trinajstić information content (AvgIpc) is 2.46. The number of anilines is 1. The Hall–Kier alpha value is -1.59. The number of urea groups is 1. The van der Waals surface area contributed by atoms with E-state index in [0.29, 0.717) is 12.0 Å². The number of nitrogens with two attached hydrogens (primary N) is 1. The van der Waals surface area contributed by atoms with E-state index in [0.717, 1.165) is 38.3 Å². The van der Waals surface area contributed by atoms with Crippen LogP contribution < -0.4 is 16.4 Å². The summed E-state index contributed by atoms with van der Waals surface area (Å²) in [6, 6.07) is 7.50. The molecule has 1 saturated heterocycles. The van der Waals surface area contributed by atoms with Crippen LogP contribution in [0, 0.1) is 5.92 Å². The third kappa shape index (κ3) is 4.51. The van der Waals surface area contributed by atoms with E-state index in [1.165, 1.54) is 5.56 Å². The lowest BCUT2D eigenvalue weighted by Crippen LogP contribution is -2.29. The van der Waals surface area contributed by atoms with Gasteiger partial charge in [-0.1, -0.05) is 12.1 Å². The van der Waals surface area contributed by atoms with E-state index >= 15 is 0 Å². The molecule has 1 atom stereocenters. The maximum atomic E-state index is 10.8. The Kier molecular flexibility index (Phi) is 5.38. The number of ether oxygens (including phenoxy) is 1. The summed E-state index contributed by atoms with van der Waals surface area (Å²) in [5.41, 5.74) is 7.00. The molecule has 1 aliphatic heterocycles. The highest BCUT2D eigenvalue weighted by Gasteiger charge is 2.14. The van der Waals surface area contributed by atoms with Gasteiger partial charge in [-0.05, 0) is 49.9 Å². The van der Waals surface area contributed by atoms with Gasteiger partial charge < -0.3 is 21.1 Å². The smallest absolute Gasteiger partial charge is 0.316 e. The third-order valence-electron chi connectivity index (χ3n) is 3.73. The number of carbonyl (C=O) groups excluding carboxylic acids is 1. The van der Waals surface area contributed by atoms with E-state index in [2.05, 4.69) is 17.6 Å². The van der Waals surface area contributed by atoms with Gasteiger partial charge in [-0.25, -0.2) is 4.79 Å². The Morgan fingerprint density at radius 3 is 2.60 bits per heavy atom. The molecule has 1 aromatic carbocycles. The van der Waals surface area contributed by atoms with E-state index in [1.54, 1.807) is 0 Å². The molecule has 0 aromatic heterocycles. The molecular weight excluding hydrogens is 254 g/mol. The Bertz CT molecular complexity index is 427. The van der Waals surface area contributed by atoms with Gasteiger partial charge in [0.05, 0.1) is 0 Å². The molecule has 4 N–H and O–H groups in total. The van der Waals surface area contributed by atoms with E-state index in [9.17, 15) is 4.79 Å². The molecule has 0 saturated carbocycles. The fourth-order valence-corrected chi connectivity index (χ4v) is 2.41. The summed E-state index contributed by atoms with van der Waals surface area (Å²) < 4.78 is 5.36. The number of primary amides is 1. The highest BCUT2D eigenvalue weighted by molar-refractivity contribution is 5.87. The first kappa shape index (κ1) is 14.8. The molecule has 2 amide bonds. The quantitative estimate of drug-likeness (QED) is 0.772. The van der Waals surface area contributed by atoms with Crippen molar-refractivity contribution in [1.29, 1.82) is 0 Å². The second-order valence-corrected chi connectivity index (χ2v) is 5.30. The molecule has 5 heteroatoms. The van der Waals surface area contributed by atoms with Gasteiger partial charge in [-0.15, -0.1) is 0 Å². The van der Waals surface area contributed by atoms with Crippen molar-refractivity contribution in [2.75, 3.05) is 25.1 Å². The zero-order valence-corrected chi connectivity index (χ0v) is 11.9. The van der Waals surface area contributed by atoms with Crippen molar-refractivity contribution in [2.24, 2.45) is 11.7 Å². The summed E-state index contributed by atoms with van der Waals surface area (Å²) in [4.78, 5) is 10.8. The Balaban J connectivity index is 1.82. The Morgan fingerprint density at radius 2 is 2.00 bits per heavy atom. The fourth-order valence-electron chi connectivity index (χ4n) is 2.41. The molecule has 1 aliphatic rings. The molecule has 5 nitrogen and oxygen atoms in total. The number of nitrogens with one attached hydrogen (secondary N) is 2. The first-order valence-corrected chi connectivity index (χ1v) is 7.12. The van der Waals surface area contributed by atoms with Crippen LogP contribution in [0.3, 0.4) is 0 Å². The van der Waals surface area contributed by atoms with Gasteiger partial charge in [-0.3, -0.25) is 0 Å². The Labute approximate surface area is 119 Å². The molecule has 0 aliphatic carbocycles. The molecular formula is C15H23N3O2. The van der Waals surface area contributed by atoms with Crippen molar-refractivity contribution >= 4 is 11.7 Å². The average molecular weight is 277 g/mol. The van der Waals surface area contributed by atoms with Crippen molar-refractivity contribution in [3.05, 3.63) is 29.8 Å². The van der Waals surface area contributed by atoms with E-state index in [1.807, 2.05) is 24.3 Å². The number of carbonyl (C=O) groups is 1. The second-order valence-electron chi connectivity index (χ2n) is 5.30. The lowest BCUT2D eigenvalue weighted by molar-refractivity contribution is 0.0656. The number of hydrogen-bond acceptors (Lipinski definition) is 3. The van der Waals surface area contributed by atoms with Crippen LogP contribution in [0.25, 0.3) is 0 Å². The second kappa shape index (κ2) is 7.26. The van der Waals surface area contributed by atoms with E-state index < -0.39 is 6.03 Å². The molecule has 0 spiro atoms. The third-order valence-corrected chi connectivity index (χ3v) is 3.73. The minimum atomic E-state index is -0.538.